The molecule has 5 rings (SSSR count). The Bertz CT molecular complexity index is 962. The van der Waals surface area contributed by atoms with E-state index in [0.29, 0.717) is 24.2 Å². The number of anilines is 1. The van der Waals surface area contributed by atoms with Gasteiger partial charge in [0.1, 0.15) is 23.1 Å². The summed E-state index contributed by atoms with van der Waals surface area (Å²) >= 11 is 6.01. The van der Waals surface area contributed by atoms with E-state index in [2.05, 4.69) is 15.0 Å². The molecule has 5 atom stereocenters. The lowest BCUT2D eigenvalue weighted by Gasteiger charge is -2.24. The summed E-state index contributed by atoms with van der Waals surface area (Å²) in [5.74, 6) is -0.794. The van der Waals surface area contributed by atoms with Crippen molar-refractivity contribution in [2.75, 3.05) is 12.3 Å². The van der Waals surface area contributed by atoms with Crippen LogP contribution in [0, 0.1) is 11.3 Å². The first-order valence-corrected chi connectivity index (χ1v) is 9.34. The van der Waals surface area contributed by atoms with E-state index in [9.17, 15) is 4.79 Å². The van der Waals surface area contributed by atoms with Crippen LogP contribution in [0.4, 0.5) is 5.82 Å². The second kappa shape index (κ2) is 5.30. The van der Waals surface area contributed by atoms with Gasteiger partial charge in [0.2, 0.25) is 5.28 Å². The van der Waals surface area contributed by atoms with Gasteiger partial charge < -0.3 is 24.5 Å². The molecule has 0 radical (unpaired) electrons. The standard InChI is InChI=1S/C17H20ClN5O4/c1-4-25-14(24)17-5-7(17)9(10-11(17)27-16(2,3)26-10)23-6-20-8-12(19)21-15(18)22-13(8)23/h6-7,9-11H,4-5H2,1-3H3,(H2,19,21,22)/t7-,9-,10+,11+,17+/m1/s1. The molecule has 1 saturated heterocycles. The number of aromatic nitrogens is 4. The summed E-state index contributed by atoms with van der Waals surface area (Å²) in [5.41, 5.74) is 6.24. The van der Waals surface area contributed by atoms with Crippen LogP contribution in [0.3, 0.4) is 0 Å². The summed E-state index contributed by atoms with van der Waals surface area (Å²) in [6.07, 6.45) is 1.62. The fraction of sp³-hybridized carbons (Fsp3) is 0.647. The van der Waals surface area contributed by atoms with Gasteiger partial charge in [-0.1, -0.05) is 0 Å². The fourth-order valence-corrected chi connectivity index (χ4v) is 4.99. The molecule has 3 fully saturated rings. The zero-order valence-corrected chi connectivity index (χ0v) is 15.9. The van der Waals surface area contributed by atoms with E-state index in [0.717, 1.165) is 0 Å². The minimum absolute atomic E-state index is 0.00927. The highest BCUT2D eigenvalue weighted by atomic mass is 35.5. The van der Waals surface area contributed by atoms with Gasteiger partial charge in [0.15, 0.2) is 17.3 Å². The average molecular weight is 394 g/mol. The molecule has 0 bridgehead atoms. The Hall–Kier alpha value is -1.97. The van der Waals surface area contributed by atoms with Crippen molar-refractivity contribution in [2.45, 2.75) is 51.2 Å². The van der Waals surface area contributed by atoms with Crippen LogP contribution < -0.4 is 5.73 Å². The first-order chi connectivity index (χ1) is 12.8. The monoisotopic (exact) mass is 393 g/mol. The molecule has 0 spiro atoms. The van der Waals surface area contributed by atoms with Crippen molar-refractivity contribution in [2.24, 2.45) is 11.3 Å². The molecule has 9 nitrogen and oxygen atoms in total. The van der Waals surface area contributed by atoms with Crippen molar-refractivity contribution in [3.8, 4) is 0 Å². The van der Waals surface area contributed by atoms with Crippen molar-refractivity contribution < 1.29 is 19.0 Å². The first kappa shape index (κ1) is 17.2. The molecule has 1 aliphatic heterocycles. The van der Waals surface area contributed by atoms with Gasteiger partial charge in [0.05, 0.1) is 19.0 Å². The van der Waals surface area contributed by atoms with Gasteiger partial charge >= 0.3 is 5.97 Å². The molecule has 0 amide bonds. The van der Waals surface area contributed by atoms with Gasteiger partial charge in [-0.15, -0.1) is 0 Å². The number of ether oxygens (including phenoxy) is 3. The zero-order chi connectivity index (χ0) is 19.1. The number of esters is 1. The number of rotatable bonds is 3. The molecular formula is C17H20ClN5O4. The molecule has 2 aliphatic carbocycles. The molecule has 0 unspecified atom stereocenters. The molecular weight excluding hydrogens is 374 g/mol. The molecule has 10 heteroatoms. The summed E-state index contributed by atoms with van der Waals surface area (Å²) in [5, 5.41) is 0.0488. The number of hydrogen-bond donors (Lipinski definition) is 1. The van der Waals surface area contributed by atoms with Gasteiger partial charge in [-0.05, 0) is 38.8 Å². The van der Waals surface area contributed by atoms with Crippen LogP contribution in [-0.4, -0.2) is 50.1 Å². The number of nitrogens with two attached hydrogens (primary N) is 1. The van der Waals surface area contributed by atoms with Crippen molar-refractivity contribution in [1.82, 2.24) is 19.5 Å². The largest absolute Gasteiger partial charge is 0.465 e. The average Bonchev–Trinajstić information content (AvgIpc) is 2.90. The Balaban J connectivity index is 1.63. The lowest BCUT2D eigenvalue weighted by Crippen LogP contribution is -2.36. The quantitative estimate of drug-likeness (QED) is 0.619. The Morgan fingerprint density at radius 1 is 1.44 bits per heavy atom. The van der Waals surface area contributed by atoms with Crippen molar-refractivity contribution >= 4 is 34.6 Å². The van der Waals surface area contributed by atoms with Crippen LogP contribution in [0.5, 0.6) is 0 Å². The summed E-state index contributed by atoms with van der Waals surface area (Å²) in [7, 11) is 0. The second-order valence-corrected chi connectivity index (χ2v) is 8.12. The highest BCUT2D eigenvalue weighted by Gasteiger charge is 2.80. The molecule has 2 N–H and O–H groups in total. The van der Waals surface area contributed by atoms with Crippen molar-refractivity contribution in [3.63, 3.8) is 0 Å². The third-order valence-electron chi connectivity index (χ3n) is 5.84. The lowest BCUT2D eigenvalue weighted by molar-refractivity contribution is -0.172. The maximum absolute atomic E-state index is 12.8. The molecule has 144 valence electrons. The van der Waals surface area contributed by atoms with E-state index >= 15 is 0 Å². The van der Waals surface area contributed by atoms with Gasteiger partial charge in [0, 0.05) is 5.92 Å². The number of nitrogen functional groups attached to an aromatic ring is 1. The zero-order valence-electron chi connectivity index (χ0n) is 15.2. The van der Waals surface area contributed by atoms with Gasteiger partial charge in [-0.25, -0.2) is 4.98 Å². The van der Waals surface area contributed by atoms with Crippen LogP contribution in [0.15, 0.2) is 6.33 Å². The number of hydrogen-bond acceptors (Lipinski definition) is 8. The van der Waals surface area contributed by atoms with Crippen LogP contribution in [0.1, 0.15) is 33.2 Å². The SMILES string of the molecule is CCOC(=O)[C@@]12C[C@@H]1[C@@H](n1cnc3c(N)nc(Cl)nc31)[C@@H]1OC(C)(C)O[C@@H]12. The smallest absolute Gasteiger partial charge is 0.315 e. The van der Waals surface area contributed by atoms with Crippen LogP contribution >= 0.6 is 11.6 Å². The van der Waals surface area contributed by atoms with Crippen LogP contribution in [-0.2, 0) is 19.0 Å². The van der Waals surface area contributed by atoms with E-state index in [-0.39, 0.29) is 41.2 Å². The molecule has 3 aliphatic rings. The molecule has 2 aromatic heterocycles. The van der Waals surface area contributed by atoms with Gasteiger partial charge in [0.25, 0.3) is 0 Å². The Morgan fingerprint density at radius 3 is 2.96 bits per heavy atom. The molecule has 3 heterocycles. The highest BCUT2D eigenvalue weighted by molar-refractivity contribution is 6.28. The minimum atomic E-state index is -0.789. The van der Waals surface area contributed by atoms with E-state index in [1.807, 2.05) is 18.4 Å². The maximum Gasteiger partial charge on any atom is 0.315 e. The normalized spacial score (nSPS) is 35.9. The van der Waals surface area contributed by atoms with Gasteiger partial charge in [-0.3, -0.25) is 4.79 Å². The summed E-state index contributed by atoms with van der Waals surface area (Å²) < 4.78 is 19.6. The fourth-order valence-electron chi connectivity index (χ4n) is 4.82. The number of halogens is 1. The predicted molar refractivity (Wildman–Crippen MR) is 94.8 cm³/mol. The number of carbonyl (C=O) groups excluding carboxylic acids is 1. The molecule has 2 saturated carbocycles. The first-order valence-electron chi connectivity index (χ1n) is 8.97. The van der Waals surface area contributed by atoms with Gasteiger partial charge in [-0.2, -0.15) is 9.97 Å². The summed E-state index contributed by atoms with van der Waals surface area (Å²) in [6, 6.07) is -0.184. The van der Waals surface area contributed by atoms with Crippen LogP contribution in [0.25, 0.3) is 11.2 Å². The number of carbonyl (C=O) groups is 1. The summed E-state index contributed by atoms with van der Waals surface area (Å²) in [4.78, 5) is 25.4. The maximum atomic E-state index is 12.8. The lowest BCUT2D eigenvalue weighted by atomic mass is 9.99. The van der Waals surface area contributed by atoms with E-state index in [1.165, 1.54) is 0 Å². The number of nitrogens with zero attached hydrogens (tertiary/aromatic N) is 4. The molecule has 0 aromatic carbocycles. The third-order valence-corrected chi connectivity index (χ3v) is 6.01. The Kier molecular flexibility index (Phi) is 3.37. The van der Waals surface area contributed by atoms with Crippen molar-refractivity contribution in [3.05, 3.63) is 11.6 Å². The Labute approximate surface area is 160 Å². The van der Waals surface area contributed by atoms with Crippen LogP contribution in [0.2, 0.25) is 5.28 Å². The molecule has 27 heavy (non-hydrogen) atoms. The number of imidazole rings is 1. The van der Waals surface area contributed by atoms with E-state index in [1.54, 1.807) is 13.3 Å². The van der Waals surface area contributed by atoms with Crippen molar-refractivity contribution in [1.29, 1.82) is 0 Å². The Morgan fingerprint density at radius 2 is 2.22 bits per heavy atom. The summed E-state index contributed by atoms with van der Waals surface area (Å²) in [6.45, 7) is 5.83. The topological polar surface area (TPSA) is 114 Å². The number of fused-ring (bicyclic) bond motifs is 4. The van der Waals surface area contributed by atoms with E-state index < -0.39 is 11.2 Å². The predicted octanol–water partition coefficient (Wildman–Crippen LogP) is 1.71. The highest BCUT2D eigenvalue weighted by Crippen LogP contribution is 2.72. The minimum Gasteiger partial charge on any atom is -0.465 e. The molecule has 2 aromatic rings. The third kappa shape index (κ3) is 2.19. The second-order valence-electron chi connectivity index (χ2n) is 7.78. The van der Waals surface area contributed by atoms with E-state index in [4.69, 9.17) is 31.5 Å².